The van der Waals surface area contributed by atoms with Crippen molar-refractivity contribution >= 4 is 5.91 Å². The lowest BCUT2D eigenvalue weighted by molar-refractivity contribution is -0.139. The van der Waals surface area contributed by atoms with E-state index in [0.717, 1.165) is 0 Å². The fourth-order valence-corrected chi connectivity index (χ4v) is 1.43. The molecule has 0 rings (SSSR count). The first-order chi connectivity index (χ1) is 9.58. The highest BCUT2D eigenvalue weighted by Gasteiger charge is 2.34. The molecule has 0 aromatic carbocycles. The Morgan fingerprint density at radius 2 is 1.48 bits per heavy atom. The number of carbonyl (C=O) groups is 1. The number of aliphatic hydroxyl groups is 7. The fraction of sp³-hybridized carbons (Fsp3) is 0.917. The van der Waals surface area contributed by atoms with Crippen LogP contribution in [-0.4, -0.2) is 91.9 Å². The van der Waals surface area contributed by atoms with Crippen LogP contribution < -0.4 is 5.32 Å². The second-order valence-corrected chi connectivity index (χ2v) is 5.59. The zero-order chi connectivity index (χ0) is 16.8. The predicted molar refractivity (Wildman–Crippen MR) is 71.0 cm³/mol. The summed E-state index contributed by atoms with van der Waals surface area (Å²) in [5, 5.41) is 67.1. The van der Waals surface area contributed by atoms with E-state index in [9.17, 15) is 25.2 Å². The monoisotopic (exact) mass is 311 g/mol. The van der Waals surface area contributed by atoms with Gasteiger partial charge in [-0.15, -0.1) is 0 Å². The van der Waals surface area contributed by atoms with Crippen LogP contribution in [0.15, 0.2) is 0 Å². The van der Waals surface area contributed by atoms with Gasteiger partial charge in [-0.2, -0.15) is 0 Å². The summed E-state index contributed by atoms with van der Waals surface area (Å²) in [6.45, 7) is 1.19. The molecule has 5 atom stereocenters. The molecule has 126 valence electrons. The lowest BCUT2D eigenvalue weighted by Crippen LogP contribution is -2.52. The van der Waals surface area contributed by atoms with E-state index in [0.29, 0.717) is 0 Å². The molecule has 0 spiro atoms. The zero-order valence-electron chi connectivity index (χ0n) is 12.0. The molecular formula is C12H25NO8. The number of amides is 1. The Morgan fingerprint density at radius 3 is 1.90 bits per heavy atom. The summed E-state index contributed by atoms with van der Waals surface area (Å²) in [5.41, 5.74) is -1.08. The number of nitrogens with one attached hydrogen (secondary N) is 1. The molecule has 8 N–H and O–H groups in total. The van der Waals surface area contributed by atoms with Crippen LogP contribution in [0.1, 0.15) is 13.8 Å². The van der Waals surface area contributed by atoms with Crippen molar-refractivity contribution in [3.63, 3.8) is 0 Å². The van der Waals surface area contributed by atoms with Gasteiger partial charge in [-0.25, -0.2) is 0 Å². The van der Waals surface area contributed by atoms with E-state index in [1.807, 2.05) is 0 Å². The first-order valence-electron chi connectivity index (χ1n) is 6.48. The summed E-state index contributed by atoms with van der Waals surface area (Å²) in [4.78, 5) is 11.6. The second kappa shape index (κ2) is 8.59. The van der Waals surface area contributed by atoms with Crippen molar-refractivity contribution in [1.82, 2.24) is 5.32 Å². The minimum Gasteiger partial charge on any atom is -0.396 e. The van der Waals surface area contributed by atoms with Crippen molar-refractivity contribution in [3.05, 3.63) is 0 Å². The van der Waals surface area contributed by atoms with Crippen molar-refractivity contribution in [2.45, 2.75) is 44.4 Å². The second-order valence-electron chi connectivity index (χ2n) is 5.59. The Hall–Kier alpha value is -0.810. The van der Waals surface area contributed by atoms with Gasteiger partial charge in [-0.1, -0.05) is 13.8 Å². The first kappa shape index (κ1) is 20.2. The summed E-state index contributed by atoms with van der Waals surface area (Å²) in [6.07, 6.45) is -8.37. The van der Waals surface area contributed by atoms with Gasteiger partial charge in [-0.05, 0) is 0 Å². The van der Waals surface area contributed by atoms with Crippen LogP contribution in [0.4, 0.5) is 0 Å². The highest BCUT2D eigenvalue weighted by atomic mass is 16.4. The van der Waals surface area contributed by atoms with Gasteiger partial charge in [-0.3, -0.25) is 4.79 Å². The molecule has 0 bridgehead atoms. The standard InChI is InChI=1S/C12H25NO8/c1-12(2,5-15)10(20)11(21)13-3-6(16)8(18)9(19)7(17)4-14/h6-10,14-20H,3-5H2,1-2H3,(H,13,21)/t6-,7-,8-,9-,10+/m0/s1. The highest BCUT2D eigenvalue weighted by molar-refractivity contribution is 5.81. The van der Waals surface area contributed by atoms with E-state index in [1.54, 1.807) is 0 Å². The van der Waals surface area contributed by atoms with Crippen molar-refractivity contribution in [2.24, 2.45) is 5.41 Å². The molecule has 0 aromatic rings. The average molecular weight is 311 g/mol. The van der Waals surface area contributed by atoms with Crippen LogP contribution in [0.5, 0.6) is 0 Å². The van der Waals surface area contributed by atoms with Gasteiger partial charge in [0.05, 0.1) is 19.3 Å². The minimum absolute atomic E-state index is 0.436. The fourth-order valence-electron chi connectivity index (χ4n) is 1.43. The number of aliphatic hydroxyl groups excluding tert-OH is 7. The highest BCUT2D eigenvalue weighted by Crippen LogP contribution is 2.19. The number of carbonyl (C=O) groups excluding carboxylic acids is 1. The maximum atomic E-state index is 11.6. The molecule has 0 aliphatic carbocycles. The Morgan fingerprint density at radius 1 is 1.00 bits per heavy atom. The number of hydrogen-bond donors (Lipinski definition) is 8. The largest absolute Gasteiger partial charge is 0.396 e. The Kier molecular flexibility index (Phi) is 8.26. The molecule has 9 heteroatoms. The van der Waals surface area contributed by atoms with Gasteiger partial charge in [0, 0.05) is 12.0 Å². The average Bonchev–Trinajstić information content (AvgIpc) is 2.48. The lowest BCUT2D eigenvalue weighted by atomic mass is 9.87. The summed E-state index contributed by atoms with van der Waals surface area (Å²) < 4.78 is 0. The maximum absolute atomic E-state index is 11.6. The van der Waals surface area contributed by atoms with E-state index < -0.39 is 61.6 Å². The lowest BCUT2D eigenvalue weighted by Gasteiger charge is -2.29. The SMILES string of the molecule is CC(C)(CO)[C@H](O)C(=O)NC[C@H](O)[C@H](O)[C@@H](O)[C@@H](O)CO. The molecule has 0 saturated heterocycles. The van der Waals surface area contributed by atoms with Crippen molar-refractivity contribution < 1.29 is 40.5 Å². The molecule has 0 aliphatic heterocycles. The molecule has 0 unspecified atom stereocenters. The van der Waals surface area contributed by atoms with E-state index in [4.69, 9.17) is 15.3 Å². The van der Waals surface area contributed by atoms with Crippen LogP contribution in [0, 0.1) is 5.41 Å². The van der Waals surface area contributed by atoms with Gasteiger partial charge in [0.2, 0.25) is 5.91 Å². The maximum Gasteiger partial charge on any atom is 0.249 e. The molecule has 9 nitrogen and oxygen atoms in total. The Labute approximate surface area is 122 Å². The van der Waals surface area contributed by atoms with Gasteiger partial charge >= 0.3 is 0 Å². The topological polar surface area (TPSA) is 171 Å². The number of hydrogen-bond acceptors (Lipinski definition) is 8. The van der Waals surface area contributed by atoms with Crippen molar-refractivity contribution in [1.29, 1.82) is 0 Å². The quantitative estimate of drug-likeness (QED) is 0.212. The molecule has 0 radical (unpaired) electrons. The summed E-state index contributed by atoms with van der Waals surface area (Å²) in [6, 6.07) is 0. The van der Waals surface area contributed by atoms with E-state index >= 15 is 0 Å². The predicted octanol–water partition coefficient (Wildman–Crippen LogP) is -4.08. The zero-order valence-corrected chi connectivity index (χ0v) is 12.0. The molecule has 1 amide bonds. The summed E-state index contributed by atoms with van der Waals surface area (Å²) in [5.74, 6) is -0.863. The molecular weight excluding hydrogens is 286 g/mol. The van der Waals surface area contributed by atoms with Gasteiger partial charge in [0.25, 0.3) is 0 Å². The van der Waals surface area contributed by atoms with Crippen LogP contribution in [0.2, 0.25) is 0 Å². The van der Waals surface area contributed by atoms with Gasteiger partial charge < -0.3 is 41.1 Å². The molecule has 0 aromatic heterocycles. The van der Waals surface area contributed by atoms with E-state index in [-0.39, 0.29) is 0 Å². The van der Waals surface area contributed by atoms with E-state index in [2.05, 4.69) is 5.32 Å². The third-order valence-electron chi connectivity index (χ3n) is 3.21. The Bertz CT molecular complexity index is 324. The molecule has 0 fully saturated rings. The van der Waals surface area contributed by atoms with Crippen molar-refractivity contribution in [3.8, 4) is 0 Å². The van der Waals surface area contributed by atoms with E-state index in [1.165, 1.54) is 13.8 Å². The molecule has 0 heterocycles. The van der Waals surface area contributed by atoms with Crippen LogP contribution >= 0.6 is 0 Å². The number of rotatable bonds is 9. The van der Waals surface area contributed by atoms with Crippen LogP contribution in [0.3, 0.4) is 0 Å². The van der Waals surface area contributed by atoms with Crippen molar-refractivity contribution in [2.75, 3.05) is 19.8 Å². The molecule has 0 aliphatic rings. The van der Waals surface area contributed by atoms with Gasteiger partial charge in [0.15, 0.2) is 0 Å². The Balaban J connectivity index is 4.42. The third-order valence-corrected chi connectivity index (χ3v) is 3.21. The van der Waals surface area contributed by atoms with Crippen LogP contribution in [0.25, 0.3) is 0 Å². The first-order valence-corrected chi connectivity index (χ1v) is 6.48. The summed E-state index contributed by atoms with van der Waals surface area (Å²) in [7, 11) is 0. The smallest absolute Gasteiger partial charge is 0.249 e. The molecule has 21 heavy (non-hydrogen) atoms. The minimum atomic E-state index is -1.80. The molecule has 0 saturated carbocycles. The van der Waals surface area contributed by atoms with Gasteiger partial charge in [0.1, 0.15) is 24.4 Å². The third kappa shape index (κ3) is 5.83. The van der Waals surface area contributed by atoms with Crippen LogP contribution in [-0.2, 0) is 4.79 Å². The normalized spacial score (nSPS) is 19.5. The summed E-state index contributed by atoms with van der Waals surface area (Å²) >= 11 is 0.